The first-order chi connectivity index (χ1) is 10.1. The highest BCUT2D eigenvalue weighted by Gasteiger charge is 2.40. The number of Topliss-reactive ketones (excluding diaryl/α,β-unsaturated/α-hetero) is 1. The summed E-state index contributed by atoms with van der Waals surface area (Å²) < 4.78 is 11.3. The van der Waals surface area contributed by atoms with Gasteiger partial charge in [-0.2, -0.15) is 4.98 Å². The predicted molar refractivity (Wildman–Crippen MR) is 78.9 cm³/mol. The lowest BCUT2D eigenvalue weighted by molar-refractivity contribution is -0.118. The van der Waals surface area contributed by atoms with Gasteiger partial charge in [-0.3, -0.25) is 4.79 Å². The molecule has 5 heteroatoms. The molecule has 0 N–H and O–H groups in total. The average molecular weight is 294 g/mol. The second kappa shape index (κ2) is 7.16. The lowest BCUT2D eigenvalue weighted by Crippen LogP contribution is -2.35. The summed E-state index contributed by atoms with van der Waals surface area (Å²) in [4.78, 5) is 16.1. The van der Waals surface area contributed by atoms with Gasteiger partial charge in [-0.25, -0.2) is 0 Å². The van der Waals surface area contributed by atoms with Crippen LogP contribution in [0.5, 0.6) is 0 Å². The second-order valence-electron chi connectivity index (χ2n) is 6.09. The van der Waals surface area contributed by atoms with Crippen molar-refractivity contribution in [3.63, 3.8) is 0 Å². The van der Waals surface area contributed by atoms with Crippen molar-refractivity contribution >= 4 is 5.78 Å². The maximum atomic E-state index is 11.7. The Morgan fingerprint density at radius 1 is 1.38 bits per heavy atom. The molecule has 118 valence electrons. The smallest absolute Gasteiger partial charge is 0.234 e. The van der Waals surface area contributed by atoms with E-state index in [-0.39, 0.29) is 12.2 Å². The van der Waals surface area contributed by atoms with Crippen LogP contribution >= 0.6 is 0 Å². The van der Waals surface area contributed by atoms with Crippen molar-refractivity contribution in [3.05, 3.63) is 11.7 Å². The molecule has 0 bridgehead atoms. The largest absolute Gasteiger partial charge is 0.367 e. The number of nitrogens with zero attached hydrogens (tertiary/aromatic N) is 2. The molecule has 1 aliphatic carbocycles. The Morgan fingerprint density at radius 3 is 2.71 bits per heavy atom. The van der Waals surface area contributed by atoms with E-state index in [1.165, 1.54) is 0 Å². The summed E-state index contributed by atoms with van der Waals surface area (Å²) in [5.74, 6) is 1.91. The predicted octanol–water partition coefficient (Wildman–Crippen LogP) is 3.42. The number of carbonyl (C=O) groups excluding carboxylic acids is 1. The van der Waals surface area contributed by atoms with Crippen molar-refractivity contribution < 1.29 is 14.1 Å². The zero-order chi connectivity index (χ0) is 15.3. The van der Waals surface area contributed by atoms with Crippen LogP contribution in [0.2, 0.25) is 0 Å². The van der Waals surface area contributed by atoms with Gasteiger partial charge in [-0.1, -0.05) is 19.0 Å². The molecule has 5 nitrogen and oxygen atoms in total. The minimum atomic E-state index is -0.420. The molecule has 1 aromatic heterocycles. The fraction of sp³-hybridized carbons (Fsp3) is 0.812. The Bertz CT molecular complexity index is 462. The molecule has 0 spiro atoms. The van der Waals surface area contributed by atoms with Crippen LogP contribution in [0.4, 0.5) is 0 Å². The van der Waals surface area contributed by atoms with Gasteiger partial charge in [-0.15, -0.1) is 0 Å². The van der Waals surface area contributed by atoms with Crippen molar-refractivity contribution in [1.29, 1.82) is 0 Å². The van der Waals surface area contributed by atoms with E-state index < -0.39 is 5.60 Å². The van der Waals surface area contributed by atoms with E-state index in [4.69, 9.17) is 9.26 Å². The Hall–Kier alpha value is -1.23. The third kappa shape index (κ3) is 3.90. The molecular weight excluding hydrogens is 268 g/mol. The maximum absolute atomic E-state index is 11.7. The van der Waals surface area contributed by atoms with Gasteiger partial charge in [0.05, 0.1) is 6.42 Å². The number of hydrogen-bond donors (Lipinski definition) is 0. The summed E-state index contributed by atoms with van der Waals surface area (Å²) in [5.41, 5.74) is -0.420. The molecule has 0 saturated heterocycles. The molecule has 1 fully saturated rings. The van der Waals surface area contributed by atoms with Crippen LogP contribution in [0.1, 0.15) is 71.0 Å². The van der Waals surface area contributed by atoms with Crippen LogP contribution in [-0.4, -0.2) is 22.5 Å². The Labute approximate surface area is 126 Å². The SMILES string of the molecule is CCCC(=O)Cc1nc(C2(OCC)CCC(C)CC2)no1. The summed E-state index contributed by atoms with van der Waals surface area (Å²) in [5, 5.41) is 4.11. The second-order valence-corrected chi connectivity index (χ2v) is 6.09. The van der Waals surface area contributed by atoms with Crippen LogP contribution < -0.4 is 0 Å². The van der Waals surface area contributed by atoms with Gasteiger partial charge >= 0.3 is 0 Å². The van der Waals surface area contributed by atoms with Crippen molar-refractivity contribution in [2.75, 3.05) is 6.61 Å². The number of hydrogen-bond acceptors (Lipinski definition) is 5. The van der Waals surface area contributed by atoms with E-state index in [1.54, 1.807) is 0 Å². The van der Waals surface area contributed by atoms with Gasteiger partial charge < -0.3 is 9.26 Å². The van der Waals surface area contributed by atoms with E-state index in [9.17, 15) is 4.79 Å². The topological polar surface area (TPSA) is 65.2 Å². The van der Waals surface area contributed by atoms with Crippen LogP contribution in [0.3, 0.4) is 0 Å². The van der Waals surface area contributed by atoms with Gasteiger partial charge in [0.1, 0.15) is 11.4 Å². The fourth-order valence-corrected chi connectivity index (χ4v) is 2.98. The first kappa shape index (κ1) is 16.1. The third-order valence-electron chi connectivity index (χ3n) is 4.26. The molecule has 2 rings (SSSR count). The molecule has 21 heavy (non-hydrogen) atoms. The van der Waals surface area contributed by atoms with E-state index in [1.807, 2.05) is 13.8 Å². The molecule has 1 heterocycles. The molecule has 0 radical (unpaired) electrons. The number of ether oxygens (including phenoxy) is 1. The summed E-state index contributed by atoms with van der Waals surface area (Å²) in [7, 11) is 0. The maximum Gasteiger partial charge on any atom is 0.234 e. The number of ketones is 1. The van der Waals surface area contributed by atoms with E-state index in [0.29, 0.717) is 24.7 Å². The van der Waals surface area contributed by atoms with Crippen molar-refractivity contribution in [1.82, 2.24) is 10.1 Å². The van der Waals surface area contributed by atoms with Crippen LogP contribution in [0, 0.1) is 5.92 Å². The Kier molecular flexibility index (Phi) is 5.51. The number of rotatable bonds is 7. The molecule has 0 aliphatic heterocycles. The fourth-order valence-electron chi connectivity index (χ4n) is 2.98. The van der Waals surface area contributed by atoms with Crippen molar-refractivity contribution in [2.45, 2.75) is 71.3 Å². The Balaban J connectivity index is 2.11. The minimum absolute atomic E-state index is 0.149. The normalized spacial score (nSPS) is 26.0. The quantitative estimate of drug-likeness (QED) is 0.771. The van der Waals surface area contributed by atoms with Gasteiger partial charge in [0.25, 0.3) is 0 Å². The molecule has 1 aliphatic rings. The first-order valence-electron chi connectivity index (χ1n) is 8.08. The van der Waals surface area contributed by atoms with Crippen molar-refractivity contribution in [2.24, 2.45) is 5.92 Å². The monoisotopic (exact) mass is 294 g/mol. The summed E-state index contributed by atoms with van der Waals surface area (Å²) >= 11 is 0. The van der Waals surface area contributed by atoms with Gasteiger partial charge in [-0.05, 0) is 44.9 Å². The summed E-state index contributed by atoms with van der Waals surface area (Å²) in [6.45, 7) is 6.88. The molecule has 1 aromatic rings. The van der Waals surface area contributed by atoms with Gasteiger partial charge in [0.2, 0.25) is 11.7 Å². The lowest BCUT2D eigenvalue weighted by atomic mass is 9.79. The Morgan fingerprint density at radius 2 is 2.10 bits per heavy atom. The van der Waals surface area contributed by atoms with Crippen LogP contribution in [0.25, 0.3) is 0 Å². The zero-order valence-corrected chi connectivity index (χ0v) is 13.4. The lowest BCUT2D eigenvalue weighted by Gasteiger charge is -2.36. The molecule has 0 atom stereocenters. The van der Waals surface area contributed by atoms with E-state index >= 15 is 0 Å². The highest BCUT2D eigenvalue weighted by molar-refractivity contribution is 5.79. The van der Waals surface area contributed by atoms with E-state index in [2.05, 4.69) is 17.1 Å². The van der Waals surface area contributed by atoms with Crippen LogP contribution in [-0.2, 0) is 21.6 Å². The average Bonchev–Trinajstić information content (AvgIpc) is 2.91. The molecule has 0 amide bonds. The van der Waals surface area contributed by atoms with Crippen molar-refractivity contribution in [3.8, 4) is 0 Å². The van der Waals surface area contributed by atoms with Crippen LogP contribution in [0.15, 0.2) is 4.52 Å². The zero-order valence-electron chi connectivity index (χ0n) is 13.4. The third-order valence-corrected chi connectivity index (χ3v) is 4.26. The van der Waals surface area contributed by atoms with Gasteiger partial charge in [0.15, 0.2) is 0 Å². The standard InChI is InChI=1S/C16H26N2O3/c1-4-6-13(19)11-14-17-15(18-21-14)16(20-5-2)9-7-12(3)8-10-16/h12H,4-11H2,1-3H3. The molecule has 0 aromatic carbocycles. The highest BCUT2D eigenvalue weighted by atomic mass is 16.5. The van der Waals surface area contributed by atoms with Gasteiger partial charge in [0, 0.05) is 13.0 Å². The highest BCUT2D eigenvalue weighted by Crippen LogP contribution is 2.41. The number of carbonyl (C=O) groups is 1. The summed E-state index contributed by atoms with van der Waals surface area (Å²) in [6.07, 6.45) is 5.71. The summed E-state index contributed by atoms with van der Waals surface area (Å²) in [6, 6.07) is 0. The molecular formula is C16H26N2O3. The minimum Gasteiger partial charge on any atom is -0.367 e. The van der Waals surface area contributed by atoms with E-state index in [0.717, 1.165) is 38.0 Å². The first-order valence-corrected chi connectivity index (χ1v) is 8.08. The molecule has 1 saturated carbocycles. The molecule has 0 unspecified atom stereocenters. The number of aromatic nitrogens is 2.